The average molecular weight is 420 g/mol. The Balaban J connectivity index is 1.51. The van der Waals surface area contributed by atoms with E-state index in [0.29, 0.717) is 29.5 Å². The van der Waals surface area contributed by atoms with Crippen LogP contribution in [0.15, 0.2) is 71.1 Å². The lowest BCUT2D eigenvalue weighted by atomic mass is 10.1. The maximum absolute atomic E-state index is 12.8. The van der Waals surface area contributed by atoms with Gasteiger partial charge in [0.05, 0.1) is 5.57 Å². The molecule has 0 radical (unpaired) electrons. The van der Waals surface area contributed by atoms with Crippen molar-refractivity contribution >= 4 is 29.2 Å². The van der Waals surface area contributed by atoms with Gasteiger partial charge >= 0.3 is 0 Å². The van der Waals surface area contributed by atoms with E-state index in [0.717, 1.165) is 11.1 Å². The van der Waals surface area contributed by atoms with E-state index >= 15 is 0 Å². The fourth-order valence-corrected chi connectivity index (χ4v) is 3.04. The zero-order valence-corrected chi connectivity index (χ0v) is 16.6. The summed E-state index contributed by atoms with van der Waals surface area (Å²) in [6, 6.07) is 20.9. The molecule has 150 valence electrons. The Morgan fingerprint density at radius 2 is 1.87 bits per heavy atom. The Labute approximate surface area is 177 Å². The molecule has 0 unspecified atom stereocenters. The van der Waals surface area contributed by atoms with Crippen LogP contribution in [0.1, 0.15) is 17.1 Å². The van der Waals surface area contributed by atoms with Crippen LogP contribution in [0.2, 0.25) is 5.02 Å². The van der Waals surface area contributed by atoms with Gasteiger partial charge in [0.15, 0.2) is 0 Å². The lowest BCUT2D eigenvalue weighted by Gasteiger charge is -2.06. The highest BCUT2D eigenvalue weighted by molar-refractivity contribution is 6.30. The van der Waals surface area contributed by atoms with E-state index in [1.54, 1.807) is 24.3 Å². The lowest BCUT2D eigenvalue weighted by molar-refractivity contribution is -0.115. The molecule has 0 aliphatic carbocycles. The van der Waals surface area contributed by atoms with Crippen LogP contribution in [0.4, 0.5) is 0 Å². The van der Waals surface area contributed by atoms with Gasteiger partial charge in [-0.25, -0.2) is 0 Å². The van der Waals surface area contributed by atoms with E-state index in [4.69, 9.17) is 16.0 Å². The second kappa shape index (κ2) is 9.19. The van der Waals surface area contributed by atoms with Crippen LogP contribution in [0.5, 0.6) is 0 Å². The molecular formula is C22H18ClN5O2. The van der Waals surface area contributed by atoms with Crippen molar-refractivity contribution < 1.29 is 9.21 Å². The Morgan fingerprint density at radius 1 is 1.07 bits per heavy atom. The van der Waals surface area contributed by atoms with Gasteiger partial charge in [0.25, 0.3) is 5.91 Å². The Hall–Kier alpha value is -3.71. The van der Waals surface area contributed by atoms with Gasteiger partial charge in [-0.15, -0.1) is 10.2 Å². The molecule has 4 rings (SSSR count). The fraction of sp³-hybridized carbons (Fsp3) is 0.0909. The predicted molar refractivity (Wildman–Crippen MR) is 114 cm³/mol. The minimum atomic E-state index is -0.309. The van der Waals surface area contributed by atoms with Crippen LogP contribution in [0.25, 0.3) is 23.0 Å². The summed E-state index contributed by atoms with van der Waals surface area (Å²) in [4.78, 5) is 12.8. The highest BCUT2D eigenvalue weighted by Crippen LogP contribution is 2.25. The second-order valence-corrected chi connectivity index (χ2v) is 6.93. The molecule has 0 aliphatic heterocycles. The zero-order valence-electron chi connectivity index (χ0n) is 15.9. The number of aromatic amines is 1. The first-order valence-electron chi connectivity index (χ1n) is 9.32. The second-order valence-electron chi connectivity index (χ2n) is 6.49. The first kappa shape index (κ1) is 19.6. The number of hydrogen-bond acceptors (Lipinski definition) is 5. The van der Waals surface area contributed by atoms with Crippen LogP contribution in [0, 0.1) is 0 Å². The Morgan fingerprint density at radius 3 is 2.60 bits per heavy atom. The number of benzene rings is 2. The van der Waals surface area contributed by atoms with Gasteiger partial charge in [0.1, 0.15) is 11.5 Å². The minimum Gasteiger partial charge on any atom is -0.457 e. The van der Waals surface area contributed by atoms with Gasteiger partial charge in [-0.2, -0.15) is 5.21 Å². The van der Waals surface area contributed by atoms with Gasteiger partial charge in [-0.3, -0.25) is 4.79 Å². The molecule has 2 N–H and O–H groups in total. The quantitative estimate of drug-likeness (QED) is 0.441. The van der Waals surface area contributed by atoms with Crippen molar-refractivity contribution in [2.24, 2.45) is 0 Å². The van der Waals surface area contributed by atoms with E-state index in [1.165, 1.54) is 0 Å². The number of carbonyl (C=O) groups excluding carboxylic acids is 1. The number of aromatic nitrogens is 4. The normalized spacial score (nSPS) is 11.4. The van der Waals surface area contributed by atoms with Crippen LogP contribution in [-0.2, 0) is 11.2 Å². The molecule has 0 bridgehead atoms. The number of nitrogens with zero attached hydrogens (tertiary/aromatic N) is 3. The summed E-state index contributed by atoms with van der Waals surface area (Å²) in [7, 11) is 0. The number of amides is 1. The smallest absolute Gasteiger partial charge is 0.255 e. The average Bonchev–Trinajstić information content (AvgIpc) is 3.45. The third-order valence-corrected chi connectivity index (χ3v) is 4.67. The molecule has 0 saturated carbocycles. The highest BCUT2D eigenvalue weighted by Gasteiger charge is 2.17. The number of furan rings is 1. The first-order chi connectivity index (χ1) is 14.7. The number of H-pyrrole nitrogens is 1. The predicted octanol–water partition coefficient (Wildman–Crippen LogP) is 4.01. The Kier molecular flexibility index (Phi) is 6.01. The van der Waals surface area contributed by atoms with Crippen LogP contribution >= 0.6 is 11.6 Å². The SMILES string of the molecule is O=C(NCCc1ccccc1)/C(=C/c1ccc(-c2ccc(Cl)cc2)o1)c1nn[nH]n1. The molecule has 0 fully saturated rings. The molecule has 2 heterocycles. The number of tetrazole rings is 1. The van der Waals surface area contributed by atoms with Crippen LogP contribution < -0.4 is 5.32 Å². The monoisotopic (exact) mass is 419 g/mol. The largest absolute Gasteiger partial charge is 0.457 e. The molecule has 0 spiro atoms. The molecule has 8 heteroatoms. The van der Waals surface area contributed by atoms with Crippen LogP contribution in [-0.4, -0.2) is 33.1 Å². The molecule has 7 nitrogen and oxygen atoms in total. The summed E-state index contributed by atoms with van der Waals surface area (Å²) in [6.45, 7) is 0.478. The fourth-order valence-electron chi connectivity index (χ4n) is 2.91. The first-order valence-corrected chi connectivity index (χ1v) is 9.70. The van der Waals surface area contributed by atoms with Gasteiger partial charge in [-0.05, 0) is 59.7 Å². The maximum Gasteiger partial charge on any atom is 0.255 e. The van der Waals surface area contributed by atoms with E-state index in [1.807, 2.05) is 48.5 Å². The summed E-state index contributed by atoms with van der Waals surface area (Å²) >= 11 is 5.94. The molecular weight excluding hydrogens is 402 g/mol. The standard InChI is InChI=1S/C22H18ClN5O2/c23-17-8-6-16(7-9-17)20-11-10-18(30-20)14-19(21-25-27-28-26-21)22(29)24-13-12-15-4-2-1-3-5-15/h1-11,14H,12-13H2,(H,24,29)(H,25,26,27,28)/b19-14+. The van der Waals surface area contributed by atoms with Crippen molar-refractivity contribution in [2.45, 2.75) is 6.42 Å². The molecule has 0 saturated heterocycles. The molecule has 4 aromatic rings. The molecule has 2 aromatic carbocycles. The van der Waals surface area contributed by atoms with Crippen LogP contribution in [0.3, 0.4) is 0 Å². The molecule has 1 amide bonds. The van der Waals surface area contributed by atoms with E-state index in [-0.39, 0.29) is 17.3 Å². The van der Waals surface area contributed by atoms with Gasteiger partial charge in [0.2, 0.25) is 5.82 Å². The third-order valence-electron chi connectivity index (χ3n) is 4.42. The van der Waals surface area contributed by atoms with Gasteiger partial charge < -0.3 is 9.73 Å². The highest BCUT2D eigenvalue weighted by atomic mass is 35.5. The van der Waals surface area contributed by atoms with Crippen molar-refractivity contribution in [2.75, 3.05) is 6.54 Å². The number of hydrogen-bond donors (Lipinski definition) is 2. The van der Waals surface area contributed by atoms with E-state index < -0.39 is 0 Å². The summed E-state index contributed by atoms with van der Waals surface area (Å²) in [5, 5.41) is 17.4. The van der Waals surface area contributed by atoms with Crippen molar-refractivity contribution in [3.63, 3.8) is 0 Å². The maximum atomic E-state index is 12.8. The van der Waals surface area contributed by atoms with Crippen molar-refractivity contribution in [3.05, 3.63) is 88.9 Å². The van der Waals surface area contributed by atoms with Crippen molar-refractivity contribution in [3.8, 4) is 11.3 Å². The minimum absolute atomic E-state index is 0.191. The summed E-state index contributed by atoms with van der Waals surface area (Å²) in [5.41, 5.74) is 2.28. The van der Waals surface area contributed by atoms with Crippen molar-refractivity contribution in [1.82, 2.24) is 25.9 Å². The topological polar surface area (TPSA) is 96.7 Å². The van der Waals surface area contributed by atoms with Crippen molar-refractivity contribution in [1.29, 1.82) is 0 Å². The lowest BCUT2D eigenvalue weighted by Crippen LogP contribution is -2.27. The summed E-state index contributed by atoms with van der Waals surface area (Å²) in [5.74, 6) is 1.04. The third kappa shape index (κ3) is 4.82. The van der Waals surface area contributed by atoms with Gasteiger partial charge in [-0.1, -0.05) is 41.9 Å². The molecule has 0 aliphatic rings. The number of rotatable bonds is 7. The number of halogens is 1. The zero-order chi connectivity index (χ0) is 20.8. The molecule has 30 heavy (non-hydrogen) atoms. The molecule has 0 atom stereocenters. The number of nitrogens with one attached hydrogen (secondary N) is 2. The van der Waals surface area contributed by atoms with Gasteiger partial charge in [0, 0.05) is 17.1 Å². The molecule has 2 aromatic heterocycles. The summed E-state index contributed by atoms with van der Waals surface area (Å²) in [6.07, 6.45) is 2.32. The van der Waals surface area contributed by atoms with E-state index in [2.05, 4.69) is 25.9 Å². The number of carbonyl (C=O) groups is 1. The van der Waals surface area contributed by atoms with E-state index in [9.17, 15) is 4.79 Å². The Bertz CT molecular complexity index is 1140. The summed E-state index contributed by atoms with van der Waals surface area (Å²) < 4.78 is 5.88.